The van der Waals surface area contributed by atoms with E-state index in [2.05, 4.69) is 52.8 Å². The Balaban J connectivity index is 1.90. The van der Waals surface area contributed by atoms with E-state index in [4.69, 9.17) is 20.0 Å². The van der Waals surface area contributed by atoms with E-state index in [9.17, 15) is 0 Å². The first-order chi connectivity index (χ1) is 11.6. The van der Waals surface area contributed by atoms with Crippen LogP contribution in [0, 0.1) is 0 Å². The summed E-state index contributed by atoms with van der Waals surface area (Å²) in [6.45, 7) is 12.4. The molecule has 2 N–H and O–H groups in total. The minimum absolute atomic E-state index is 0.0691. The molecular weight excluding hydrogens is 311 g/mol. The molecule has 3 rings (SSSR count). The number of nitrogens with zero attached hydrogens (tertiary/aromatic N) is 1. The third-order valence-electron chi connectivity index (χ3n) is 6.21. The topological polar surface area (TPSA) is 56.8 Å². The van der Waals surface area contributed by atoms with Crippen molar-refractivity contribution in [3.63, 3.8) is 0 Å². The number of nitrogens with two attached hydrogens (primary N) is 1. The Hall–Kier alpha value is -1.33. The molecule has 2 aliphatic rings. The Labute approximate surface area is 152 Å². The van der Waals surface area contributed by atoms with E-state index in [-0.39, 0.29) is 23.9 Å². The normalized spacial score (nSPS) is 28.1. The standard InChI is InChI=1S/C20H31BN2O2/c1-7-20(23-14(2)22)11-10-15-8-9-17(12-16(15)13-20)21-24-18(3,4)19(5,6)25-21/h8-9,12H,7,10-11,13H2,1-6H3,(H2,22,23). The Morgan fingerprint density at radius 3 is 2.36 bits per heavy atom. The average Bonchev–Trinajstić information content (AvgIpc) is 2.74. The molecule has 1 aromatic carbocycles. The molecule has 1 aromatic rings. The lowest BCUT2D eigenvalue weighted by Crippen LogP contribution is -2.41. The molecule has 136 valence electrons. The van der Waals surface area contributed by atoms with Gasteiger partial charge in [0.15, 0.2) is 0 Å². The molecule has 0 amide bonds. The minimum atomic E-state index is -0.318. The molecule has 1 aliphatic carbocycles. The molecule has 4 nitrogen and oxygen atoms in total. The highest BCUT2D eigenvalue weighted by molar-refractivity contribution is 6.62. The molecule has 1 atom stereocenters. The van der Waals surface area contributed by atoms with Crippen molar-refractivity contribution in [2.45, 2.75) is 84.0 Å². The largest absolute Gasteiger partial charge is 0.494 e. The molecule has 1 heterocycles. The maximum absolute atomic E-state index is 6.21. The van der Waals surface area contributed by atoms with Crippen LogP contribution in [0.25, 0.3) is 0 Å². The summed E-state index contributed by atoms with van der Waals surface area (Å²) in [7, 11) is -0.312. The van der Waals surface area contributed by atoms with Crippen molar-refractivity contribution < 1.29 is 9.31 Å². The minimum Gasteiger partial charge on any atom is -0.399 e. The number of hydrogen-bond acceptors (Lipinski definition) is 3. The van der Waals surface area contributed by atoms with Gasteiger partial charge in [0, 0.05) is 0 Å². The highest BCUT2D eigenvalue weighted by Gasteiger charge is 2.51. The number of hydrogen-bond donors (Lipinski definition) is 1. The fourth-order valence-corrected chi connectivity index (χ4v) is 3.84. The van der Waals surface area contributed by atoms with Crippen molar-refractivity contribution in [2.24, 2.45) is 10.7 Å². The summed E-state index contributed by atoms with van der Waals surface area (Å²) in [6, 6.07) is 6.63. The average molecular weight is 342 g/mol. The van der Waals surface area contributed by atoms with Crippen molar-refractivity contribution >= 4 is 18.4 Å². The van der Waals surface area contributed by atoms with Gasteiger partial charge >= 0.3 is 7.12 Å². The lowest BCUT2D eigenvalue weighted by atomic mass is 9.72. The van der Waals surface area contributed by atoms with E-state index in [1.165, 1.54) is 11.1 Å². The molecule has 25 heavy (non-hydrogen) atoms. The second-order valence-corrected chi connectivity index (χ2v) is 8.62. The monoisotopic (exact) mass is 342 g/mol. The molecule has 1 fully saturated rings. The Morgan fingerprint density at radius 1 is 1.16 bits per heavy atom. The number of fused-ring (bicyclic) bond motifs is 1. The van der Waals surface area contributed by atoms with Gasteiger partial charge in [-0.25, -0.2) is 0 Å². The van der Waals surface area contributed by atoms with Gasteiger partial charge in [-0.15, -0.1) is 0 Å². The highest BCUT2D eigenvalue weighted by atomic mass is 16.7. The van der Waals surface area contributed by atoms with Gasteiger partial charge in [0.2, 0.25) is 0 Å². The zero-order chi connectivity index (χ0) is 18.5. The number of benzene rings is 1. The molecule has 1 aliphatic heterocycles. The van der Waals surface area contributed by atoms with Gasteiger partial charge in [-0.1, -0.05) is 25.1 Å². The maximum atomic E-state index is 6.21. The SMILES string of the molecule is CCC1(N=C(C)N)CCc2ccc(B3OC(C)(C)C(C)(C)O3)cc2C1. The van der Waals surface area contributed by atoms with E-state index in [1.54, 1.807) is 0 Å². The Kier molecular flexibility index (Phi) is 4.53. The predicted octanol–water partition coefficient (Wildman–Crippen LogP) is 3.00. The van der Waals surface area contributed by atoms with E-state index >= 15 is 0 Å². The molecule has 0 radical (unpaired) electrons. The van der Waals surface area contributed by atoms with Crippen LogP contribution in [0.15, 0.2) is 23.2 Å². The predicted molar refractivity (Wildman–Crippen MR) is 105 cm³/mol. The molecule has 1 unspecified atom stereocenters. The molecule has 5 heteroatoms. The van der Waals surface area contributed by atoms with Crippen LogP contribution in [0.5, 0.6) is 0 Å². The van der Waals surface area contributed by atoms with Crippen molar-refractivity contribution in [1.82, 2.24) is 0 Å². The number of amidine groups is 1. The molecule has 0 aromatic heterocycles. The Morgan fingerprint density at radius 2 is 1.80 bits per heavy atom. The fourth-order valence-electron chi connectivity index (χ4n) is 3.84. The van der Waals surface area contributed by atoms with Crippen LogP contribution in [0.2, 0.25) is 0 Å². The quantitative estimate of drug-likeness (QED) is 0.522. The van der Waals surface area contributed by atoms with Gasteiger partial charge in [0.25, 0.3) is 0 Å². The summed E-state index contributed by atoms with van der Waals surface area (Å²) >= 11 is 0. The van der Waals surface area contributed by atoms with Gasteiger partial charge in [-0.2, -0.15) is 0 Å². The number of aryl methyl sites for hydroxylation is 1. The summed E-state index contributed by atoms with van der Waals surface area (Å²) in [5.41, 5.74) is 9.06. The first kappa shape index (κ1) is 18.5. The zero-order valence-electron chi connectivity index (χ0n) is 16.5. The summed E-state index contributed by atoms with van der Waals surface area (Å²) in [5.74, 6) is 0.674. The van der Waals surface area contributed by atoms with Crippen LogP contribution in [0.4, 0.5) is 0 Å². The summed E-state index contributed by atoms with van der Waals surface area (Å²) in [6.07, 6.45) is 4.03. The van der Waals surface area contributed by atoms with Crippen LogP contribution in [-0.4, -0.2) is 29.7 Å². The molecule has 1 saturated heterocycles. The third kappa shape index (κ3) is 3.36. The van der Waals surface area contributed by atoms with Crippen molar-refractivity contribution in [1.29, 1.82) is 0 Å². The first-order valence-corrected chi connectivity index (χ1v) is 9.37. The van der Waals surface area contributed by atoms with Crippen molar-refractivity contribution in [3.05, 3.63) is 29.3 Å². The van der Waals surface area contributed by atoms with Gasteiger partial charge in [0.05, 0.1) is 22.6 Å². The van der Waals surface area contributed by atoms with Crippen LogP contribution < -0.4 is 11.2 Å². The maximum Gasteiger partial charge on any atom is 0.494 e. The number of rotatable bonds is 3. The highest BCUT2D eigenvalue weighted by Crippen LogP contribution is 2.37. The van der Waals surface area contributed by atoms with Gasteiger partial charge in [0.1, 0.15) is 0 Å². The van der Waals surface area contributed by atoms with Crippen LogP contribution in [-0.2, 0) is 22.2 Å². The van der Waals surface area contributed by atoms with E-state index in [1.807, 2.05) is 6.92 Å². The summed E-state index contributed by atoms with van der Waals surface area (Å²) in [5, 5.41) is 0. The lowest BCUT2D eigenvalue weighted by molar-refractivity contribution is 0.00578. The number of aliphatic imine (C=N–C) groups is 1. The van der Waals surface area contributed by atoms with Gasteiger partial charge in [-0.05, 0) is 76.9 Å². The third-order valence-corrected chi connectivity index (χ3v) is 6.21. The first-order valence-electron chi connectivity index (χ1n) is 9.37. The van der Waals surface area contributed by atoms with E-state index in [0.717, 1.165) is 31.1 Å². The summed E-state index contributed by atoms with van der Waals surface area (Å²) < 4.78 is 12.4. The smallest absolute Gasteiger partial charge is 0.399 e. The second-order valence-electron chi connectivity index (χ2n) is 8.62. The van der Waals surface area contributed by atoms with Crippen molar-refractivity contribution in [2.75, 3.05) is 0 Å². The van der Waals surface area contributed by atoms with Crippen LogP contribution in [0.1, 0.15) is 65.5 Å². The Bertz CT molecular complexity index is 679. The molecule has 0 spiro atoms. The molecular formula is C20H31BN2O2. The molecule has 0 saturated carbocycles. The van der Waals surface area contributed by atoms with Gasteiger partial charge < -0.3 is 15.0 Å². The van der Waals surface area contributed by atoms with Gasteiger partial charge in [-0.3, -0.25) is 4.99 Å². The fraction of sp³-hybridized carbons (Fsp3) is 0.650. The van der Waals surface area contributed by atoms with Crippen molar-refractivity contribution in [3.8, 4) is 0 Å². The van der Waals surface area contributed by atoms with E-state index in [0.29, 0.717) is 5.84 Å². The zero-order valence-corrected chi connectivity index (χ0v) is 16.5. The summed E-state index contributed by atoms with van der Waals surface area (Å²) in [4.78, 5) is 4.79. The molecule has 0 bridgehead atoms. The van der Waals surface area contributed by atoms with Crippen LogP contribution >= 0.6 is 0 Å². The second kappa shape index (κ2) is 6.13. The van der Waals surface area contributed by atoms with E-state index < -0.39 is 0 Å². The lowest BCUT2D eigenvalue weighted by Gasteiger charge is -2.34. The van der Waals surface area contributed by atoms with Crippen LogP contribution in [0.3, 0.4) is 0 Å².